The SMILES string of the molecule is CCCCCCC(O)CCCCCCCCCCC(C)C. The molecule has 0 heterocycles. The van der Waals surface area contributed by atoms with E-state index in [1.165, 1.54) is 83.5 Å². The van der Waals surface area contributed by atoms with Crippen LogP contribution in [0.5, 0.6) is 0 Å². The normalized spacial score (nSPS) is 13.0. The van der Waals surface area contributed by atoms with E-state index in [2.05, 4.69) is 20.8 Å². The van der Waals surface area contributed by atoms with Gasteiger partial charge in [-0.3, -0.25) is 0 Å². The lowest BCUT2D eigenvalue weighted by molar-refractivity contribution is 0.147. The van der Waals surface area contributed by atoms with E-state index in [0.717, 1.165) is 18.8 Å². The molecule has 0 fully saturated rings. The Morgan fingerprint density at radius 3 is 1.38 bits per heavy atom. The van der Waals surface area contributed by atoms with E-state index < -0.39 is 0 Å². The molecule has 0 saturated heterocycles. The van der Waals surface area contributed by atoms with Crippen molar-refractivity contribution in [1.29, 1.82) is 0 Å². The molecule has 0 rings (SSSR count). The van der Waals surface area contributed by atoms with Gasteiger partial charge in [0, 0.05) is 0 Å². The van der Waals surface area contributed by atoms with Crippen LogP contribution in [-0.2, 0) is 0 Å². The fourth-order valence-electron chi connectivity index (χ4n) is 2.94. The lowest BCUT2D eigenvalue weighted by Gasteiger charge is -2.10. The van der Waals surface area contributed by atoms with Crippen molar-refractivity contribution in [1.82, 2.24) is 0 Å². The monoisotopic (exact) mass is 298 g/mol. The van der Waals surface area contributed by atoms with Crippen molar-refractivity contribution in [2.45, 2.75) is 123 Å². The van der Waals surface area contributed by atoms with Gasteiger partial charge in [0.2, 0.25) is 0 Å². The highest BCUT2D eigenvalue weighted by atomic mass is 16.3. The zero-order chi connectivity index (χ0) is 15.8. The Labute approximate surface area is 134 Å². The second-order valence-electron chi connectivity index (χ2n) is 7.30. The first-order chi connectivity index (χ1) is 10.2. The summed E-state index contributed by atoms with van der Waals surface area (Å²) in [6, 6.07) is 0. The summed E-state index contributed by atoms with van der Waals surface area (Å²) in [6.45, 7) is 6.87. The summed E-state index contributed by atoms with van der Waals surface area (Å²) < 4.78 is 0. The van der Waals surface area contributed by atoms with E-state index in [1.54, 1.807) is 0 Å². The van der Waals surface area contributed by atoms with E-state index in [0.29, 0.717) is 0 Å². The fourth-order valence-corrected chi connectivity index (χ4v) is 2.94. The Morgan fingerprint density at radius 2 is 0.952 bits per heavy atom. The molecule has 0 radical (unpaired) electrons. The van der Waals surface area contributed by atoms with E-state index in [-0.39, 0.29) is 6.10 Å². The van der Waals surface area contributed by atoms with Gasteiger partial charge < -0.3 is 5.11 Å². The molecule has 1 nitrogen and oxygen atoms in total. The van der Waals surface area contributed by atoms with Gasteiger partial charge in [-0.2, -0.15) is 0 Å². The summed E-state index contributed by atoms with van der Waals surface area (Å²) in [5.74, 6) is 0.874. The molecule has 0 saturated carbocycles. The summed E-state index contributed by atoms with van der Waals surface area (Å²) >= 11 is 0. The van der Waals surface area contributed by atoms with E-state index in [9.17, 15) is 5.11 Å². The van der Waals surface area contributed by atoms with Crippen LogP contribution in [-0.4, -0.2) is 11.2 Å². The molecule has 0 aliphatic heterocycles. The third kappa shape index (κ3) is 17.9. The van der Waals surface area contributed by atoms with Crippen LogP contribution in [0, 0.1) is 5.92 Å². The maximum Gasteiger partial charge on any atom is 0.0540 e. The summed E-state index contributed by atoms with van der Waals surface area (Å²) in [4.78, 5) is 0. The molecule has 1 heteroatoms. The van der Waals surface area contributed by atoms with E-state index in [1.807, 2.05) is 0 Å². The topological polar surface area (TPSA) is 20.2 Å². The number of aliphatic hydroxyl groups is 1. The first-order valence-electron chi connectivity index (χ1n) is 9.84. The highest BCUT2D eigenvalue weighted by Crippen LogP contribution is 2.15. The molecular formula is C20H42O. The van der Waals surface area contributed by atoms with E-state index in [4.69, 9.17) is 0 Å². The molecule has 0 bridgehead atoms. The van der Waals surface area contributed by atoms with Gasteiger partial charge in [0.15, 0.2) is 0 Å². The van der Waals surface area contributed by atoms with Gasteiger partial charge in [-0.15, -0.1) is 0 Å². The van der Waals surface area contributed by atoms with Crippen LogP contribution < -0.4 is 0 Å². The summed E-state index contributed by atoms with van der Waals surface area (Å²) in [6.07, 6.45) is 19.5. The average Bonchev–Trinajstić information content (AvgIpc) is 2.45. The van der Waals surface area contributed by atoms with Crippen LogP contribution in [0.2, 0.25) is 0 Å². The Bertz CT molecular complexity index is 188. The zero-order valence-electron chi connectivity index (χ0n) is 15.2. The molecule has 128 valence electrons. The highest BCUT2D eigenvalue weighted by molar-refractivity contribution is 4.57. The smallest absolute Gasteiger partial charge is 0.0540 e. The Balaban J connectivity index is 3.10. The zero-order valence-corrected chi connectivity index (χ0v) is 15.2. The molecule has 0 aromatic rings. The van der Waals surface area contributed by atoms with Gasteiger partial charge in [-0.1, -0.05) is 104 Å². The molecule has 0 aromatic carbocycles. The van der Waals surface area contributed by atoms with Gasteiger partial charge >= 0.3 is 0 Å². The maximum absolute atomic E-state index is 9.89. The van der Waals surface area contributed by atoms with Crippen LogP contribution in [0.15, 0.2) is 0 Å². The quantitative estimate of drug-likeness (QED) is 0.308. The summed E-state index contributed by atoms with van der Waals surface area (Å²) in [7, 11) is 0. The molecule has 0 amide bonds. The second-order valence-corrected chi connectivity index (χ2v) is 7.30. The van der Waals surface area contributed by atoms with Gasteiger partial charge in [0.1, 0.15) is 0 Å². The van der Waals surface area contributed by atoms with Gasteiger partial charge in [-0.25, -0.2) is 0 Å². The molecule has 0 aliphatic carbocycles. The molecule has 0 aliphatic rings. The average molecular weight is 299 g/mol. The first kappa shape index (κ1) is 21.0. The summed E-state index contributed by atoms with van der Waals surface area (Å²) in [5.41, 5.74) is 0. The van der Waals surface area contributed by atoms with Gasteiger partial charge in [0.25, 0.3) is 0 Å². The minimum absolute atomic E-state index is 0.0297. The maximum atomic E-state index is 9.89. The standard InChI is InChI=1S/C20H42O/c1-4-5-6-14-17-20(21)18-15-12-10-8-7-9-11-13-16-19(2)3/h19-21H,4-18H2,1-3H3. The van der Waals surface area contributed by atoms with Crippen LogP contribution in [0.3, 0.4) is 0 Å². The lowest BCUT2D eigenvalue weighted by Crippen LogP contribution is -2.05. The third-order valence-corrected chi connectivity index (χ3v) is 4.46. The fraction of sp³-hybridized carbons (Fsp3) is 1.00. The van der Waals surface area contributed by atoms with Crippen LogP contribution in [0.1, 0.15) is 117 Å². The van der Waals surface area contributed by atoms with Crippen molar-refractivity contribution in [3.63, 3.8) is 0 Å². The predicted molar refractivity (Wildman–Crippen MR) is 95.8 cm³/mol. The van der Waals surface area contributed by atoms with Crippen molar-refractivity contribution in [2.24, 2.45) is 5.92 Å². The number of hydrogen-bond acceptors (Lipinski definition) is 1. The molecule has 0 aromatic heterocycles. The minimum Gasteiger partial charge on any atom is -0.393 e. The van der Waals surface area contributed by atoms with Crippen molar-refractivity contribution in [2.75, 3.05) is 0 Å². The van der Waals surface area contributed by atoms with Crippen LogP contribution >= 0.6 is 0 Å². The Kier molecular flexibility index (Phi) is 16.3. The largest absolute Gasteiger partial charge is 0.393 e. The van der Waals surface area contributed by atoms with Crippen molar-refractivity contribution in [3.8, 4) is 0 Å². The summed E-state index contributed by atoms with van der Waals surface area (Å²) in [5, 5.41) is 9.89. The van der Waals surface area contributed by atoms with Crippen molar-refractivity contribution in [3.05, 3.63) is 0 Å². The predicted octanol–water partition coefficient (Wildman–Crippen LogP) is 6.87. The van der Waals surface area contributed by atoms with Gasteiger partial charge in [0.05, 0.1) is 6.10 Å². The number of unbranched alkanes of at least 4 members (excludes halogenated alkanes) is 10. The number of aliphatic hydroxyl groups excluding tert-OH is 1. The number of rotatable bonds is 16. The molecule has 1 atom stereocenters. The van der Waals surface area contributed by atoms with Crippen LogP contribution in [0.4, 0.5) is 0 Å². The lowest BCUT2D eigenvalue weighted by atomic mass is 10.0. The molecule has 0 spiro atoms. The molecule has 1 N–H and O–H groups in total. The molecule has 21 heavy (non-hydrogen) atoms. The number of hydrogen-bond donors (Lipinski definition) is 1. The molecule has 1 unspecified atom stereocenters. The molecular weight excluding hydrogens is 256 g/mol. The first-order valence-corrected chi connectivity index (χ1v) is 9.84. The highest BCUT2D eigenvalue weighted by Gasteiger charge is 2.03. The second kappa shape index (κ2) is 16.3. The third-order valence-electron chi connectivity index (χ3n) is 4.46. The van der Waals surface area contributed by atoms with E-state index >= 15 is 0 Å². The van der Waals surface area contributed by atoms with Crippen molar-refractivity contribution < 1.29 is 5.11 Å². The Hall–Kier alpha value is -0.0400. The Morgan fingerprint density at radius 1 is 0.571 bits per heavy atom. The van der Waals surface area contributed by atoms with Crippen molar-refractivity contribution >= 4 is 0 Å². The minimum atomic E-state index is -0.0297. The van der Waals surface area contributed by atoms with Crippen LogP contribution in [0.25, 0.3) is 0 Å². The van der Waals surface area contributed by atoms with Gasteiger partial charge in [-0.05, 0) is 18.8 Å².